The van der Waals surface area contributed by atoms with E-state index < -0.39 is 31.3 Å². The first kappa shape index (κ1) is 16.7. The fraction of sp³-hybridized carbons (Fsp3) is 0.538. The minimum atomic E-state index is -3.80. The molecule has 1 fully saturated rings. The Kier molecular flexibility index (Phi) is 4.41. The molecular weight excluding hydrogens is 334 g/mol. The third-order valence-electron chi connectivity index (χ3n) is 3.67. The van der Waals surface area contributed by atoms with Crippen LogP contribution in [0.25, 0.3) is 0 Å². The molecule has 1 saturated heterocycles. The zero-order valence-electron chi connectivity index (χ0n) is 12.1. The Hall–Kier alpha value is -0.630. The molecule has 1 aliphatic rings. The van der Waals surface area contributed by atoms with Crippen LogP contribution in [0.2, 0.25) is 0 Å². The van der Waals surface area contributed by atoms with Gasteiger partial charge in [0, 0.05) is 0 Å². The van der Waals surface area contributed by atoms with Crippen LogP contribution in [-0.4, -0.2) is 39.8 Å². The first-order chi connectivity index (χ1) is 9.52. The maximum absolute atomic E-state index is 12.5. The summed E-state index contributed by atoms with van der Waals surface area (Å²) >= 11 is 5.95. The van der Waals surface area contributed by atoms with Crippen molar-refractivity contribution in [1.29, 1.82) is 0 Å². The second kappa shape index (κ2) is 5.53. The van der Waals surface area contributed by atoms with Crippen LogP contribution >= 0.6 is 11.6 Å². The lowest BCUT2D eigenvalue weighted by Gasteiger charge is -2.17. The fourth-order valence-electron chi connectivity index (χ4n) is 2.40. The quantitative estimate of drug-likeness (QED) is 0.832. The molecule has 1 aromatic carbocycles. The predicted molar refractivity (Wildman–Crippen MR) is 83.1 cm³/mol. The van der Waals surface area contributed by atoms with E-state index in [4.69, 9.17) is 11.6 Å². The molecule has 5 nitrogen and oxygen atoms in total. The van der Waals surface area contributed by atoms with Crippen molar-refractivity contribution in [2.75, 3.05) is 11.5 Å². The highest BCUT2D eigenvalue weighted by Crippen LogP contribution is 2.23. The standard InChI is InChI=1S/C13H18ClNO4S2/c1-8-4-10(3)13(5-9(8)2)21(18,19)15-12-7-20(16,17)6-11(12)14/h4-5,11-12,15H,6-7H2,1-3H3/t11-,12-/m1/s1. The highest BCUT2D eigenvalue weighted by atomic mass is 35.5. The average Bonchev–Trinajstić information content (AvgIpc) is 2.56. The van der Waals surface area contributed by atoms with Crippen molar-refractivity contribution in [1.82, 2.24) is 4.72 Å². The molecule has 0 radical (unpaired) electrons. The van der Waals surface area contributed by atoms with E-state index in [1.165, 1.54) is 0 Å². The molecule has 0 spiro atoms. The summed E-state index contributed by atoms with van der Waals surface area (Å²) in [5.41, 5.74) is 2.49. The Bertz CT molecular complexity index is 772. The lowest BCUT2D eigenvalue weighted by Crippen LogP contribution is -2.40. The fourth-order valence-corrected chi connectivity index (χ4v) is 6.72. The van der Waals surface area contributed by atoms with Gasteiger partial charge >= 0.3 is 0 Å². The van der Waals surface area contributed by atoms with Crippen molar-refractivity contribution in [3.8, 4) is 0 Å². The maximum Gasteiger partial charge on any atom is 0.241 e. The Morgan fingerprint density at radius 2 is 1.67 bits per heavy atom. The third kappa shape index (κ3) is 3.59. The minimum absolute atomic E-state index is 0.166. The smallest absolute Gasteiger partial charge is 0.229 e. The van der Waals surface area contributed by atoms with E-state index in [1.54, 1.807) is 19.1 Å². The van der Waals surface area contributed by atoms with Gasteiger partial charge in [0.05, 0.1) is 27.8 Å². The van der Waals surface area contributed by atoms with Gasteiger partial charge in [0.25, 0.3) is 0 Å². The summed E-state index contributed by atoms with van der Waals surface area (Å²) < 4.78 is 50.4. The first-order valence-corrected chi connectivity index (χ1v) is 10.2. The van der Waals surface area contributed by atoms with Crippen molar-refractivity contribution in [2.45, 2.75) is 37.1 Å². The van der Waals surface area contributed by atoms with Crippen LogP contribution < -0.4 is 4.72 Å². The van der Waals surface area contributed by atoms with Crippen molar-refractivity contribution >= 4 is 31.5 Å². The number of sulfone groups is 1. The van der Waals surface area contributed by atoms with Crippen LogP contribution in [-0.2, 0) is 19.9 Å². The van der Waals surface area contributed by atoms with Gasteiger partial charge in [0.2, 0.25) is 10.0 Å². The van der Waals surface area contributed by atoms with Gasteiger partial charge in [-0.15, -0.1) is 11.6 Å². The normalized spacial score (nSPS) is 25.1. The molecule has 0 aliphatic carbocycles. The number of hydrogen-bond donors (Lipinski definition) is 1. The van der Waals surface area contributed by atoms with Crippen molar-refractivity contribution in [3.63, 3.8) is 0 Å². The van der Waals surface area contributed by atoms with E-state index in [9.17, 15) is 16.8 Å². The summed E-state index contributed by atoms with van der Waals surface area (Å²) in [5, 5.41) is -0.739. The Morgan fingerprint density at radius 1 is 1.10 bits per heavy atom. The van der Waals surface area contributed by atoms with E-state index >= 15 is 0 Å². The van der Waals surface area contributed by atoms with Gasteiger partial charge in [0.15, 0.2) is 9.84 Å². The molecule has 2 atom stereocenters. The van der Waals surface area contributed by atoms with E-state index in [-0.39, 0.29) is 16.4 Å². The zero-order chi connectivity index (χ0) is 16.0. The molecule has 118 valence electrons. The lowest BCUT2D eigenvalue weighted by atomic mass is 10.1. The molecule has 0 bridgehead atoms. The van der Waals surface area contributed by atoms with E-state index in [2.05, 4.69) is 4.72 Å². The Labute approximate surface area is 130 Å². The van der Waals surface area contributed by atoms with Crippen LogP contribution in [0.3, 0.4) is 0 Å². The number of halogens is 1. The molecular formula is C13H18ClNO4S2. The minimum Gasteiger partial charge on any atom is -0.229 e. The van der Waals surface area contributed by atoms with Gasteiger partial charge < -0.3 is 0 Å². The highest BCUT2D eigenvalue weighted by Gasteiger charge is 2.39. The van der Waals surface area contributed by atoms with E-state index in [1.807, 2.05) is 13.8 Å². The van der Waals surface area contributed by atoms with Gasteiger partial charge in [-0.05, 0) is 43.5 Å². The zero-order valence-corrected chi connectivity index (χ0v) is 14.4. The Morgan fingerprint density at radius 3 is 2.19 bits per heavy atom. The van der Waals surface area contributed by atoms with Gasteiger partial charge in [-0.25, -0.2) is 21.6 Å². The number of benzene rings is 1. The molecule has 8 heteroatoms. The van der Waals surface area contributed by atoms with Crippen molar-refractivity contribution < 1.29 is 16.8 Å². The third-order valence-corrected chi connectivity index (χ3v) is 7.68. The number of nitrogens with one attached hydrogen (secondary N) is 1. The lowest BCUT2D eigenvalue weighted by molar-refractivity contribution is 0.563. The molecule has 0 saturated carbocycles. The summed E-state index contributed by atoms with van der Waals surface area (Å²) in [6.07, 6.45) is 0. The van der Waals surface area contributed by atoms with Crippen molar-refractivity contribution in [2.24, 2.45) is 0 Å². The molecule has 21 heavy (non-hydrogen) atoms. The summed E-state index contributed by atoms with van der Waals surface area (Å²) in [6, 6.07) is 2.61. The topological polar surface area (TPSA) is 80.3 Å². The molecule has 0 unspecified atom stereocenters. The van der Waals surface area contributed by atoms with Gasteiger partial charge in [0.1, 0.15) is 0 Å². The summed E-state index contributed by atoms with van der Waals surface area (Å²) in [7, 11) is -7.08. The van der Waals surface area contributed by atoms with Gasteiger partial charge in [-0.2, -0.15) is 0 Å². The number of hydrogen-bond acceptors (Lipinski definition) is 4. The first-order valence-electron chi connectivity index (χ1n) is 6.46. The van der Waals surface area contributed by atoms with Crippen LogP contribution in [0, 0.1) is 20.8 Å². The molecule has 1 N–H and O–H groups in total. The number of aryl methyl sites for hydroxylation is 3. The van der Waals surface area contributed by atoms with Crippen molar-refractivity contribution in [3.05, 3.63) is 28.8 Å². The second-order valence-electron chi connectivity index (χ2n) is 5.52. The monoisotopic (exact) mass is 351 g/mol. The van der Waals surface area contributed by atoms with Crippen LogP contribution in [0.1, 0.15) is 16.7 Å². The Balaban J connectivity index is 2.34. The second-order valence-corrected chi connectivity index (χ2v) is 9.92. The summed E-state index contributed by atoms with van der Waals surface area (Å²) in [4.78, 5) is 0.166. The largest absolute Gasteiger partial charge is 0.241 e. The van der Waals surface area contributed by atoms with Gasteiger partial charge in [-0.1, -0.05) is 6.07 Å². The van der Waals surface area contributed by atoms with E-state index in [0.717, 1.165) is 11.1 Å². The molecule has 1 aromatic rings. The molecule has 0 aromatic heterocycles. The number of alkyl halides is 1. The summed E-state index contributed by atoms with van der Waals surface area (Å²) in [6.45, 7) is 5.45. The highest BCUT2D eigenvalue weighted by molar-refractivity contribution is 7.92. The van der Waals surface area contributed by atoms with E-state index in [0.29, 0.717) is 5.56 Å². The molecule has 0 amide bonds. The number of rotatable bonds is 3. The predicted octanol–water partition coefficient (Wildman–Crippen LogP) is 1.29. The average molecular weight is 352 g/mol. The SMILES string of the molecule is Cc1cc(C)c(S(=O)(=O)N[C@@H]2CS(=O)(=O)C[C@H]2Cl)cc1C. The van der Waals surface area contributed by atoms with Crippen LogP contribution in [0.15, 0.2) is 17.0 Å². The number of sulfonamides is 1. The van der Waals surface area contributed by atoms with Gasteiger partial charge in [-0.3, -0.25) is 0 Å². The van der Waals surface area contributed by atoms with Crippen LogP contribution in [0.4, 0.5) is 0 Å². The molecule has 1 aliphatic heterocycles. The summed E-state index contributed by atoms with van der Waals surface area (Å²) in [5.74, 6) is -0.460. The molecule has 2 rings (SSSR count). The molecule has 1 heterocycles. The maximum atomic E-state index is 12.5. The van der Waals surface area contributed by atoms with Crippen LogP contribution in [0.5, 0.6) is 0 Å².